The molecule has 7 heteroatoms. The van der Waals surface area contributed by atoms with Gasteiger partial charge in [-0.1, -0.05) is 42.7 Å². The number of hydrogen-bond donors (Lipinski definition) is 0. The first kappa shape index (κ1) is 15.4. The van der Waals surface area contributed by atoms with Gasteiger partial charge in [0.25, 0.3) is 6.85 Å². The Hall–Kier alpha value is -2.14. The first-order valence-electron chi connectivity index (χ1n) is 8.23. The second kappa shape index (κ2) is 5.45. The number of fused-ring (bicyclic) bond motifs is 2. The Balaban J connectivity index is 1.70. The summed E-state index contributed by atoms with van der Waals surface area (Å²) in [6, 6.07) is 12.2. The summed E-state index contributed by atoms with van der Waals surface area (Å²) in [5.74, 6) is 0.796. The lowest BCUT2D eigenvalue weighted by molar-refractivity contribution is -0.126. The Morgan fingerprint density at radius 2 is 1.96 bits per heavy atom. The van der Waals surface area contributed by atoms with Crippen molar-refractivity contribution in [3.8, 4) is 0 Å². The quantitative estimate of drug-likeness (QED) is 0.798. The lowest BCUT2D eigenvalue weighted by Gasteiger charge is -2.45. The van der Waals surface area contributed by atoms with Gasteiger partial charge in [-0.15, -0.1) is 5.10 Å². The number of nitrogens with zero attached hydrogens (tertiary/aromatic N) is 4. The first-order chi connectivity index (χ1) is 11.5. The van der Waals surface area contributed by atoms with Crippen LogP contribution in [0.1, 0.15) is 16.8 Å². The predicted molar refractivity (Wildman–Crippen MR) is 95.0 cm³/mol. The van der Waals surface area contributed by atoms with E-state index in [1.807, 2.05) is 36.0 Å². The van der Waals surface area contributed by atoms with E-state index in [0.717, 1.165) is 17.6 Å². The molecule has 3 heterocycles. The molecule has 1 saturated heterocycles. The summed E-state index contributed by atoms with van der Waals surface area (Å²) in [6.45, 7) is 5.06. The van der Waals surface area contributed by atoms with Gasteiger partial charge in [-0.25, -0.2) is 0 Å². The standard InChI is InChI=1S/C17H18B2N4O/c1-12-8-14-15(21-20-12)23(16(24)17(14)10-22(18)11-17)19(2)9-13-6-4-3-5-7-13/h3-8H,9-11H2,1-2H3. The van der Waals surface area contributed by atoms with Crippen molar-refractivity contribution in [3.05, 3.63) is 53.2 Å². The molecule has 0 saturated carbocycles. The van der Waals surface area contributed by atoms with Crippen LogP contribution in [0.4, 0.5) is 5.82 Å². The zero-order chi connectivity index (χ0) is 16.9. The lowest BCUT2D eigenvalue weighted by atomic mass is 9.57. The van der Waals surface area contributed by atoms with E-state index in [-0.39, 0.29) is 12.8 Å². The van der Waals surface area contributed by atoms with Crippen molar-refractivity contribution in [1.29, 1.82) is 0 Å². The van der Waals surface area contributed by atoms with Crippen molar-refractivity contribution in [1.82, 2.24) is 15.0 Å². The molecular weight excluding hydrogens is 298 g/mol. The molecule has 0 aliphatic carbocycles. The summed E-state index contributed by atoms with van der Waals surface area (Å²) in [7, 11) is 5.86. The zero-order valence-electron chi connectivity index (χ0n) is 13.9. The largest absolute Gasteiger partial charge is 0.351 e. The summed E-state index contributed by atoms with van der Waals surface area (Å²) < 4.78 is 0. The van der Waals surface area contributed by atoms with Gasteiger partial charge in [-0.05, 0) is 19.3 Å². The Bertz CT molecular complexity index is 792. The van der Waals surface area contributed by atoms with Crippen LogP contribution in [0.5, 0.6) is 0 Å². The molecule has 1 fully saturated rings. The molecule has 0 unspecified atom stereocenters. The highest BCUT2D eigenvalue weighted by Gasteiger charge is 2.58. The molecule has 1 aromatic carbocycles. The fraction of sp³-hybridized carbons (Fsp3) is 0.353. The number of rotatable bonds is 3. The van der Waals surface area contributed by atoms with Crippen LogP contribution in [-0.2, 0) is 16.5 Å². The van der Waals surface area contributed by atoms with E-state index in [1.165, 1.54) is 5.56 Å². The van der Waals surface area contributed by atoms with Crippen LogP contribution < -0.4 is 4.81 Å². The van der Waals surface area contributed by atoms with Crippen LogP contribution in [0.2, 0.25) is 6.82 Å². The molecule has 24 heavy (non-hydrogen) atoms. The molecule has 2 aliphatic rings. The van der Waals surface area contributed by atoms with Gasteiger partial charge in [0.1, 0.15) is 11.2 Å². The lowest BCUT2D eigenvalue weighted by Crippen LogP contribution is -2.64. The summed E-state index contributed by atoms with van der Waals surface area (Å²) in [4.78, 5) is 16.7. The Kier molecular flexibility index (Phi) is 3.49. The third kappa shape index (κ3) is 2.18. The van der Waals surface area contributed by atoms with Crippen LogP contribution in [0.25, 0.3) is 0 Å². The molecule has 4 rings (SSSR count). The third-order valence-electron chi connectivity index (χ3n) is 5.03. The van der Waals surface area contributed by atoms with Gasteiger partial charge >= 0.3 is 0 Å². The second-order valence-corrected chi connectivity index (χ2v) is 6.92. The molecule has 2 radical (unpaired) electrons. The Labute approximate surface area is 143 Å². The van der Waals surface area contributed by atoms with Gasteiger partial charge in [-0.2, -0.15) is 5.10 Å². The number of aryl methyl sites for hydroxylation is 1. The molecule has 0 bridgehead atoms. The topological polar surface area (TPSA) is 49.3 Å². The van der Waals surface area contributed by atoms with Gasteiger partial charge in [0.15, 0.2) is 7.98 Å². The van der Waals surface area contributed by atoms with Gasteiger partial charge in [0.05, 0.1) is 5.69 Å². The van der Waals surface area contributed by atoms with E-state index in [0.29, 0.717) is 18.9 Å². The molecule has 1 aromatic heterocycles. The third-order valence-corrected chi connectivity index (χ3v) is 5.03. The van der Waals surface area contributed by atoms with Crippen LogP contribution >= 0.6 is 0 Å². The highest BCUT2D eigenvalue weighted by Crippen LogP contribution is 2.46. The summed E-state index contributed by atoms with van der Waals surface area (Å²) in [5.41, 5.74) is 2.46. The fourth-order valence-electron chi connectivity index (χ4n) is 3.86. The normalized spacial score (nSPS) is 18.6. The molecular formula is C17H18B2N4O. The van der Waals surface area contributed by atoms with Crippen molar-refractivity contribution in [2.24, 2.45) is 0 Å². The van der Waals surface area contributed by atoms with Crippen molar-refractivity contribution < 1.29 is 4.79 Å². The number of anilines is 1. The molecule has 5 nitrogen and oxygen atoms in total. The van der Waals surface area contributed by atoms with Crippen molar-refractivity contribution in [3.63, 3.8) is 0 Å². The maximum absolute atomic E-state index is 13.2. The molecule has 0 N–H and O–H groups in total. The first-order valence-corrected chi connectivity index (χ1v) is 8.23. The van der Waals surface area contributed by atoms with Crippen LogP contribution in [0.15, 0.2) is 36.4 Å². The predicted octanol–water partition coefficient (Wildman–Crippen LogP) is 1.17. The SMILES string of the molecule is [B]N1CC2(C1)C(=O)N(B(C)Cc1ccccc1)c1nnc(C)cc12. The highest BCUT2D eigenvalue weighted by molar-refractivity contribution is 6.67. The molecule has 1 amide bonds. The minimum absolute atomic E-state index is 0.0156. The van der Waals surface area contributed by atoms with Gasteiger partial charge in [0, 0.05) is 18.7 Å². The monoisotopic (exact) mass is 316 g/mol. The molecule has 0 atom stereocenters. The summed E-state index contributed by atoms with van der Waals surface area (Å²) >= 11 is 0. The zero-order valence-corrected chi connectivity index (χ0v) is 13.9. The number of carbonyl (C=O) groups is 1. The highest BCUT2D eigenvalue weighted by atomic mass is 16.2. The van der Waals surface area contributed by atoms with E-state index < -0.39 is 5.41 Å². The average molecular weight is 316 g/mol. The minimum atomic E-state index is -0.546. The Morgan fingerprint density at radius 3 is 2.62 bits per heavy atom. The number of benzene rings is 1. The number of carbonyl (C=O) groups excluding carboxylic acids is 1. The number of aromatic nitrogens is 2. The minimum Gasteiger partial charge on any atom is -0.351 e. The van der Waals surface area contributed by atoms with E-state index in [2.05, 4.69) is 29.2 Å². The average Bonchev–Trinajstić information content (AvgIpc) is 2.77. The van der Waals surface area contributed by atoms with E-state index in [9.17, 15) is 4.79 Å². The smallest absolute Gasteiger partial charge is 0.267 e. The van der Waals surface area contributed by atoms with Crippen LogP contribution in [0.3, 0.4) is 0 Å². The maximum Gasteiger partial charge on any atom is 0.267 e. The van der Waals surface area contributed by atoms with Crippen molar-refractivity contribution in [2.45, 2.75) is 25.5 Å². The summed E-state index contributed by atoms with van der Waals surface area (Å²) in [6.07, 6.45) is 0.782. The van der Waals surface area contributed by atoms with E-state index in [4.69, 9.17) is 7.98 Å². The molecule has 118 valence electrons. The number of hydrogen-bond acceptors (Lipinski definition) is 4. The fourth-order valence-corrected chi connectivity index (χ4v) is 3.86. The van der Waals surface area contributed by atoms with E-state index >= 15 is 0 Å². The number of amides is 1. The Morgan fingerprint density at radius 1 is 1.25 bits per heavy atom. The van der Waals surface area contributed by atoms with Gasteiger partial charge in [-0.3, -0.25) is 4.79 Å². The molecule has 1 spiro atoms. The van der Waals surface area contributed by atoms with Gasteiger partial charge in [0.2, 0.25) is 5.91 Å². The van der Waals surface area contributed by atoms with Crippen LogP contribution in [-0.4, -0.2) is 48.8 Å². The summed E-state index contributed by atoms with van der Waals surface area (Å²) in [5, 5.41) is 8.53. The van der Waals surface area contributed by atoms with Gasteiger partial charge < -0.3 is 9.62 Å². The van der Waals surface area contributed by atoms with Crippen molar-refractivity contribution in [2.75, 3.05) is 17.9 Å². The maximum atomic E-state index is 13.2. The van der Waals surface area contributed by atoms with E-state index in [1.54, 1.807) is 4.81 Å². The van der Waals surface area contributed by atoms with Crippen molar-refractivity contribution >= 4 is 26.6 Å². The second-order valence-electron chi connectivity index (χ2n) is 6.92. The molecule has 2 aromatic rings. The van der Waals surface area contributed by atoms with Crippen LogP contribution in [0, 0.1) is 6.92 Å². The molecule has 2 aliphatic heterocycles.